The van der Waals surface area contributed by atoms with Crippen LogP contribution in [0.15, 0.2) is 47.1 Å². The quantitative estimate of drug-likeness (QED) is 0.740. The van der Waals surface area contributed by atoms with Crippen molar-refractivity contribution in [2.24, 2.45) is 0 Å². The number of ether oxygens (including phenoxy) is 1. The van der Waals surface area contributed by atoms with E-state index in [1.165, 1.54) is 6.26 Å². The Morgan fingerprint density at radius 3 is 2.59 bits per heavy atom. The van der Waals surface area contributed by atoms with E-state index >= 15 is 0 Å². The van der Waals surface area contributed by atoms with E-state index in [1.54, 1.807) is 41.3 Å². The van der Waals surface area contributed by atoms with E-state index in [9.17, 15) is 14.4 Å². The third-order valence-electron chi connectivity index (χ3n) is 4.72. The lowest BCUT2D eigenvalue weighted by atomic mass is 10.0. The Morgan fingerprint density at radius 1 is 1.14 bits per heavy atom. The summed E-state index contributed by atoms with van der Waals surface area (Å²) >= 11 is 0. The fourth-order valence-electron chi connectivity index (χ4n) is 3.25. The fourth-order valence-corrected chi connectivity index (χ4v) is 3.25. The minimum Gasteiger partial charge on any atom is -0.493 e. The van der Waals surface area contributed by atoms with Gasteiger partial charge in [0.05, 0.1) is 25.0 Å². The molecule has 2 aromatic rings. The molecule has 1 aromatic carbocycles. The van der Waals surface area contributed by atoms with Crippen molar-refractivity contribution in [2.45, 2.75) is 25.8 Å². The Balaban J connectivity index is 1.42. The van der Waals surface area contributed by atoms with Crippen LogP contribution in [0.1, 0.15) is 40.7 Å². The molecule has 2 heterocycles. The van der Waals surface area contributed by atoms with Crippen molar-refractivity contribution in [1.29, 1.82) is 0 Å². The van der Waals surface area contributed by atoms with Crippen LogP contribution >= 0.6 is 0 Å². The average molecular weight is 399 g/mol. The lowest BCUT2D eigenvalue weighted by molar-refractivity contribution is -0.121. The molecule has 0 radical (unpaired) electrons. The van der Waals surface area contributed by atoms with Crippen molar-refractivity contribution in [1.82, 2.24) is 15.5 Å². The van der Waals surface area contributed by atoms with Gasteiger partial charge in [-0.05, 0) is 44.0 Å². The van der Waals surface area contributed by atoms with Crippen LogP contribution in [0.4, 0.5) is 0 Å². The zero-order valence-corrected chi connectivity index (χ0v) is 16.3. The number of benzene rings is 1. The predicted octanol–water partition coefficient (Wildman–Crippen LogP) is 1.83. The SMILES string of the molecule is CCOc1ccccc1C(=O)NCC(=O)NC1CCN(C(=O)c2ccco2)CC1. The smallest absolute Gasteiger partial charge is 0.289 e. The molecule has 1 saturated heterocycles. The van der Waals surface area contributed by atoms with Gasteiger partial charge < -0.3 is 24.7 Å². The molecular formula is C21H25N3O5. The number of likely N-dealkylation sites (tertiary alicyclic amines) is 1. The largest absolute Gasteiger partial charge is 0.493 e. The van der Waals surface area contributed by atoms with Crippen LogP contribution in [-0.4, -0.2) is 54.9 Å². The number of furan rings is 1. The summed E-state index contributed by atoms with van der Waals surface area (Å²) < 4.78 is 10.6. The fraction of sp³-hybridized carbons (Fsp3) is 0.381. The first-order valence-electron chi connectivity index (χ1n) is 9.70. The van der Waals surface area contributed by atoms with Crippen LogP contribution in [0.2, 0.25) is 0 Å². The van der Waals surface area contributed by atoms with Gasteiger partial charge in [-0.2, -0.15) is 0 Å². The van der Waals surface area contributed by atoms with Crippen molar-refractivity contribution in [3.05, 3.63) is 54.0 Å². The summed E-state index contributed by atoms with van der Waals surface area (Å²) in [5.74, 6) is 0.0511. The summed E-state index contributed by atoms with van der Waals surface area (Å²) in [4.78, 5) is 38.5. The Hall–Kier alpha value is -3.29. The van der Waals surface area contributed by atoms with Crippen molar-refractivity contribution in [3.63, 3.8) is 0 Å². The number of nitrogens with zero attached hydrogens (tertiary/aromatic N) is 1. The second kappa shape index (κ2) is 9.77. The van der Waals surface area contributed by atoms with E-state index in [-0.39, 0.29) is 30.3 Å². The molecule has 3 amide bonds. The molecule has 29 heavy (non-hydrogen) atoms. The molecule has 154 valence electrons. The third kappa shape index (κ3) is 5.37. The maximum atomic E-state index is 12.3. The number of piperidine rings is 1. The monoisotopic (exact) mass is 399 g/mol. The number of hydrogen-bond donors (Lipinski definition) is 2. The highest BCUT2D eigenvalue weighted by Crippen LogP contribution is 2.17. The zero-order valence-electron chi connectivity index (χ0n) is 16.3. The summed E-state index contributed by atoms with van der Waals surface area (Å²) in [6.07, 6.45) is 2.78. The summed E-state index contributed by atoms with van der Waals surface area (Å²) in [5, 5.41) is 5.54. The minimum absolute atomic E-state index is 0.0317. The van der Waals surface area contributed by atoms with E-state index in [4.69, 9.17) is 9.15 Å². The minimum atomic E-state index is -0.358. The Bertz CT molecular complexity index is 842. The van der Waals surface area contributed by atoms with E-state index in [0.29, 0.717) is 49.6 Å². The molecule has 1 aliphatic rings. The highest BCUT2D eigenvalue weighted by atomic mass is 16.5. The van der Waals surface area contributed by atoms with Crippen LogP contribution < -0.4 is 15.4 Å². The van der Waals surface area contributed by atoms with Crippen molar-refractivity contribution < 1.29 is 23.5 Å². The Labute approximate surface area is 169 Å². The van der Waals surface area contributed by atoms with Crippen molar-refractivity contribution >= 4 is 17.7 Å². The van der Waals surface area contributed by atoms with Gasteiger partial charge in [0.2, 0.25) is 5.91 Å². The van der Waals surface area contributed by atoms with Crippen LogP contribution in [-0.2, 0) is 4.79 Å². The Morgan fingerprint density at radius 2 is 1.90 bits per heavy atom. The number of carbonyl (C=O) groups is 3. The molecular weight excluding hydrogens is 374 g/mol. The van der Waals surface area contributed by atoms with Gasteiger partial charge in [0, 0.05) is 19.1 Å². The van der Waals surface area contributed by atoms with Crippen molar-refractivity contribution in [3.8, 4) is 5.75 Å². The Kier molecular flexibility index (Phi) is 6.89. The van der Waals surface area contributed by atoms with E-state index < -0.39 is 0 Å². The van der Waals surface area contributed by atoms with E-state index in [0.717, 1.165) is 0 Å². The lowest BCUT2D eigenvalue weighted by Gasteiger charge is -2.31. The molecule has 0 bridgehead atoms. The molecule has 0 unspecified atom stereocenters. The topological polar surface area (TPSA) is 101 Å². The molecule has 0 aliphatic carbocycles. The van der Waals surface area contributed by atoms with Gasteiger partial charge in [-0.25, -0.2) is 0 Å². The molecule has 2 N–H and O–H groups in total. The molecule has 3 rings (SSSR count). The first kappa shape index (κ1) is 20.4. The second-order valence-electron chi connectivity index (χ2n) is 6.72. The first-order chi connectivity index (χ1) is 14.1. The van der Waals surface area contributed by atoms with E-state index in [2.05, 4.69) is 10.6 Å². The zero-order chi connectivity index (χ0) is 20.6. The molecule has 1 aliphatic heterocycles. The first-order valence-corrected chi connectivity index (χ1v) is 9.70. The van der Waals surface area contributed by atoms with Gasteiger partial charge in [-0.1, -0.05) is 12.1 Å². The summed E-state index contributed by atoms with van der Waals surface area (Å²) in [6, 6.07) is 10.2. The normalized spacial score (nSPS) is 14.3. The molecule has 0 atom stereocenters. The van der Waals surface area contributed by atoms with Gasteiger partial charge >= 0.3 is 0 Å². The van der Waals surface area contributed by atoms with Gasteiger partial charge in [-0.15, -0.1) is 0 Å². The molecule has 8 nitrogen and oxygen atoms in total. The number of para-hydroxylation sites is 1. The third-order valence-corrected chi connectivity index (χ3v) is 4.72. The number of hydrogen-bond acceptors (Lipinski definition) is 5. The van der Waals surface area contributed by atoms with Crippen LogP contribution in [0.25, 0.3) is 0 Å². The summed E-state index contributed by atoms with van der Waals surface area (Å²) in [5.41, 5.74) is 0.395. The highest BCUT2D eigenvalue weighted by molar-refractivity contribution is 5.98. The number of carbonyl (C=O) groups excluding carboxylic acids is 3. The standard InChI is InChI=1S/C21H25N3O5/c1-2-28-17-7-4-3-6-16(17)20(26)22-14-19(25)23-15-9-11-24(12-10-15)21(27)18-8-5-13-29-18/h3-8,13,15H,2,9-12,14H2,1H3,(H,22,26)(H,23,25). The lowest BCUT2D eigenvalue weighted by Crippen LogP contribution is -2.48. The number of rotatable bonds is 7. The summed E-state index contributed by atoms with van der Waals surface area (Å²) in [6.45, 7) is 3.25. The molecule has 0 saturated carbocycles. The maximum Gasteiger partial charge on any atom is 0.289 e. The van der Waals surface area contributed by atoms with E-state index in [1.807, 2.05) is 6.92 Å². The number of amides is 3. The van der Waals surface area contributed by atoms with Crippen LogP contribution in [0.3, 0.4) is 0 Å². The molecule has 8 heteroatoms. The van der Waals surface area contributed by atoms with Gasteiger partial charge in [-0.3, -0.25) is 14.4 Å². The molecule has 0 spiro atoms. The van der Waals surface area contributed by atoms with Crippen molar-refractivity contribution in [2.75, 3.05) is 26.2 Å². The predicted molar refractivity (Wildman–Crippen MR) is 106 cm³/mol. The average Bonchev–Trinajstić information content (AvgIpc) is 3.28. The summed E-state index contributed by atoms with van der Waals surface area (Å²) in [7, 11) is 0. The van der Waals surface area contributed by atoms with Crippen LogP contribution in [0, 0.1) is 0 Å². The number of nitrogens with one attached hydrogen (secondary N) is 2. The molecule has 1 fully saturated rings. The van der Waals surface area contributed by atoms with Gasteiger partial charge in [0.25, 0.3) is 11.8 Å². The molecule has 1 aromatic heterocycles. The second-order valence-corrected chi connectivity index (χ2v) is 6.72. The maximum absolute atomic E-state index is 12.3. The van der Waals surface area contributed by atoms with Crippen LogP contribution in [0.5, 0.6) is 5.75 Å². The highest BCUT2D eigenvalue weighted by Gasteiger charge is 2.26. The van der Waals surface area contributed by atoms with Gasteiger partial charge in [0.1, 0.15) is 5.75 Å². The van der Waals surface area contributed by atoms with Gasteiger partial charge in [0.15, 0.2) is 5.76 Å².